The largest absolute Gasteiger partial charge is 0.325 e. The Balaban J connectivity index is 1.85. The molecule has 1 N–H and O–H groups in total. The quantitative estimate of drug-likeness (QED) is 0.496. The smallest absolute Gasteiger partial charge is 0.262 e. The summed E-state index contributed by atoms with van der Waals surface area (Å²) in [5, 5.41) is 4.17. The van der Waals surface area contributed by atoms with E-state index in [2.05, 4.69) is 24.1 Å². The lowest BCUT2D eigenvalue weighted by molar-refractivity contribution is -0.113. The number of anilines is 1. The predicted octanol–water partition coefficient (Wildman–Crippen LogP) is 4.40. The molecule has 0 radical (unpaired) electrons. The van der Waals surface area contributed by atoms with Gasteiger partial charge in [0, 0.05) is 12.2 Å². The highest BCUT2D eigenvalue weighted by atomic mass is 32.2. The van der Waals surface area contributed by atoms with Crippen molar-refractivity contribution in [1.29, 1.82) is 0 Å². The van der Waals surface area contributed by atoms with E-state index >= 15 is 0 Å². The summed E-state index contributed by atoms with van der Waals surface area (Å²) in [6.45, 7) is 8.63. The second-order valence-electron chi connectivity index (χ2n) is 7.32. The van der Waals surface area contributed by atoms with Gasteiger partial charge in [0.2, 0.25) is 5.91 Å². The molecule has 5 nitrogen and oxygen atoms in total. The molecule has 3 rings (SSSR count). The monoisotopic (exact) mass is 395 g/mol. The van der Waals surface area contributed by atoms with Crippen LogP contribution in [0.25, 0.3) is 10.9 Å². The van der Waals surface area contributed by atoms with Crippen molar-refractivity contribution >= 4 is 34.3 Å². The average Bonchev–Trinajstić information content (AvgIpc) is 2.65. The number of hydrogen-bond acceptors (Lipinski definition) is 4. The molecule has 0 aliphatic carbocycles. The fourth-order valence-corrected chi connectivity index (χ4v) is 3.91. The standard InChI is InChI=1S/C22H25N3O2S/c1-14(2)12-25-21(27)17-10-5-6-11-18(17)23-22(25)28-13-19(26)24-20-15(3)8-7-9-16(20)4/h5-11,14H,12-13H2,1-4H3,(H,24,26). The van der Waals surface area contributed by atoms with Crippen molar-refractivity contribution in [2.45, 2.75) is 39.4 Å². The van der Waals surface area contributed by atoms with Crippen molar-refractivity contribution in [1.82, 2.24) is 9.55 Å². The molecule has 0 aliphatic heterocycles. The first kappa shape index (κ1) is 20.1. The number of nitrogens with one attached hydrogen (secondary N) is 1. The molecule has 0 fully saturated rings. The Hall–Kier alpha value is -2.60. The van der Waals surface area contributed by atoms with Gasteiger partial charge in [0.15, 0.2) is 5.16 Å². The summed E-state index contributed by atoms with van der Waals surface area (Å²) in [7, 11) is 0. The zero-order chi connectivity index (χ0) is 20.3. The van der Waals surface area contributed by atoms with Crippen LogP contribution in [0.2, 0.25) is 0 Å². The summed E-state index contributed by atoms with van der Waals surface area (Å²) >= 11 is 1.30. The summed E-state index contributed by atoms with van der Waals surface area (Å²) in [5.74, 6) is 0.376. The lowest BCUT2D eigenvalue weighted by atomic mass is 10.1. The molecule has 1 aromatic heterocycles. The number of hydrogen-bond donors (Lipinski definition) is 1. The number of aromatic nitrogens is 2. The fraction of sp³-hybridized carbons (Fsp3) is 0.318. The van der Waals surface area contributed by atoms with E-state index in [9.17, 15) is 9.59 Å². The van der Waals surface area contributed by atoms with Crippen LogP contribution in [0.3, 0.4) is 0 Å². The predicted molar refractivity (Wildman–Crippen MR) is 116 cm³/mol. The number of rotatable bonds is 6. The first-order valence-electron chi connectivity index (χ1n) is 9.35. The third-order valence-electron chi connectivity index (χ3n) is 4.45. The molecule has 2 aromatic carbocycles. The van der Waals surface area contributed by atoms with Crippen LogP contribution >= 0.6 is 11.8 Å². The third-order valence-corrected chi connectivity index (χ3v) is 5.43. The number of carbonyl (C=O) groups excluding carboxylic acids is 1. The van der Waals surface area contributed by atoms with E-state index in [1.54, 1.807) is 10.6 Å². The summed E-state index contributed by atoms with van der Waals surface area (Å²) in [6, 6.07) is 13.3. The minimum absolute atomic E-state index is 0.0584. The van der Waals surface area contributed by atoms with Crippen molar-refractivity contribution in [2.24, 2.45) is 5.92 Å². The number of thioether (sulfide) groups is 1. The summed E-state index contributed by atoms with van der Waals surface area (Å²) in [5.41, 5.74) is 3.50. The van der Waals surface area contributed by atoms with Gasteiger partial charge in [-0.05, 0) is 43.0 Å². The van der Waals surface area contributed by atoms with Gasteiger partial charge < -0.3 is 5.32 Å². The van der Waals surface area contributed by atoms with Crippen molar-refractivity contribution in [2.75, 3.05) is 11.1 Å². The molecule has 6 heteroatoms. The molecule has 0 aliphatic rings. The Kier molecular flexibility index (Phi) is 6.19. The second-order valence-corrected chi connectivity index (χ2v) is 8.27. The van der Waals surface area contributed by atoms with Gasteiger partial charge in [-0.25, -0.2) is 4.98 Å². The molecule has 0 saturated carbocycles. The first-order valence-corrected chi connectivity index (χ1v) is 10.3. The van der Waals surface area contributed by atoms with E-state index in [4.69, 9.17) is 0 Å². The minimum Gasteiger partial charge on any atom is -0.325 e. The molecule has 28 heavy (non-hydrogen) atoms. The molecule has 1 heterocycles. The van der Waals surface area contributed by atoms with Crippen LogP contribution < -0.4 is 10.9 Å². The van der Waals surface area contributed by atoms with E-state index in [-0.39, 0.29) is 17.2 Å². The zero-order valence-corrected chi connectivity index (χ0v) is 17.5. The van der Waals surface area contributed by atoms with Gasteiger partial charge in [0.25, 0.3) is 5.56 Å². The molecule has 146 valence electrons. The fourth-order valence-electron chi connectivity index (χ4n) is 3.10. The minimum atomic E-state index is -0.110. The lowest BCUT2D eigenvalue weighted by Gasteiger charge is -2.15. The second kappa shape index (κ2) is 8.61. The van der Waals surface area contributed by atoms with E-state index in [1.165, 1.54) is 11.8 Å². The van der Waals surface area contributed by atoms with E-state index in [0.717, 1.165) is 16.8 Å². The van der Waals surface area contributed by atoms with Crippen molar-refractivity contribution in [3.63, 3.8) is 0 Å². The van der Waals surface area contributed by atoms with E-state index in [1.807, 2.05) is 50.2 Å². The maximum atomic E-state index is 12.9. The highest BCUT2D eigenvalue weighted by Crippen LogP contribution is 2.22. The summed E-state index contributed by atoms with van der Waals surface area (Å²) < 4.78 is 1.68. The van der Waals surface area contributed by atoms with Crippen molar-refractivity contribution in [3.05, 3.63) is 63.9 Å². The third kappa shape index (κ3) is 4.44. The molecule has 3 aromatic rings. The van der Waals surface area contributed by atoms with E-state index < -0.39 is 0 Å². The number of carbonyl (C=O) groups is 1. The molecule has 0 atom stereocenters. The zero-order valence-electron chi connectivity index (χ0n) is 16.7. The van der Waals surface area contributed by atoms with Crippen LogP contribution in [0.4, 0.5) is 5.69 Å². The number of nitrogens with zero attached hydrogens (tertiary/aromatic N) is 2. The highest BCUT2D eigenvalue weighted by Gasteiger charge is 2.15. The Bertz CT molecular complexity index is 1050. The van der Waals surface area contributed by atoms with E-state index in [0.29, 0.717) is 28.5 Å². The molecular weight excluding hydrogens is 370 g/mol. The Morgan fingerprint density at radius 2 is 1.79 bits per heavy atom. The normalized spacial score (nSPS) is 11.2. The number of fused-ring (bicyclic) bond motifs is 1. The van der Waals surface area contributed by atoms with Crippen LogP contribution in [0.5, 0.6) is 0 Å². The Morgan fingerprint density at radius 1 is 1.11 bits per heavy atom. The van der Waals surface area contributed by atoms with Crippen LogP contribution in [-0.2, 0) is 11.3 Å². The first-order chi connectivity index (χ1) is 13.4. The van der Waals surface area contributed by atoms with Gasteiger partial charge in [-0.1, -0.05) is 55.9 Å². The maximum absolute atomic E-state index is 12.9. The number of amides is 1. The van der Waals surface area contributed by atoms with Gasteiger partial charge >= 0.3 is 0 Å². The van der Waals surface area contributed by atoms with Crippen molar-refractivity contribution < 1.29 is 4.79 Å². The summed E-state index contributed by atoms with van der Waals surface area (Å²) in [6.07, 6.45) is 0. The van der Waals surface area contributed by atoms with Crippen molar-refractivity contribution in [3.8, 4) is 0 Å². The Labute approximate surface area is 169 Å². The molecular formula is C22H25N3O2S. The SMILES string of the molecule is Cc1cccc(C)c1NC(=O)CSc1nc2ccccc2c(=O)n1CC(C)C. The number of para-hydroxylation sites is 2. The van der Waals surface area contributed by atoms with Gasteiger partial charge in [-0.3, -0.25) is 14.2 Å². The van der Waals surface area contributed by atoms with Gasteiger partial charge in [0.05, 0.1) is 16.7 Å². The highest BCUT2D eigenvalue weighted by molar-refractivity contribution is 7.99. The molecule has 0 saturated heterocycles. The van der Waals surface area contributed by atoms with Crippen LogP contribution in [0.15, 0.2) is 52.4 Å². The number of aryl methyl sites for hydroxylation is 2. The Morgan fingerprint density at radius 3 is 2.46 bits per heavy atom. The summed E-state index contributed by atoms with van der Waals surface area (Å²) in [4.78, 5) is 30.1. The van der Waals surface area contributed by atoms with Crippen LogP contribution in [-0.4, -0.2) is 21.2 Å². The molecule has 0 spiro atoms. The number of benzene rings is 2. The van der Waals surface area contributed by atoms with Gasteiger partial charge in [0.1, 0.15) is 0 Å². The topological polar surface area (TPSA) is 64.0 Å². The maximum Gasteiger partial charge on any atom is 0.262 e. The van der Waals surface area contributed by atoms with Crippen LogP contribution in [0.1, 0.15) is 25.0 Å². The van der Waals surface area contributed by atoms with Gasteiger partial charge in [-0.2, -0.15) is 0 Å². The molecule has 1 amide bonds. The average molecular weight is 396 g/mol. The molecule has 0 bridgehead atoms. The lowest BCUT2D eigenvalue weighted by Crippen LogP contribution is -2.26. The molecule has 0 unspecified atom stereocenters. The van der Waals surface area contributed by atoms with Crippen LogP contribution in [0, 0.1) is 19.8 Å². The van der Waals surface area contributed by atoms with Gasteiger partial charge in [-0.15, -0.1) is 0 Å².